The third kappa shape index (κ3) is 6.02. The molecule has 1 N–H and O–H groups in total. The van der Waals surface area contributed by atoms with E-state index < -0.39 is 0 Å². The molecule has 3 aromatic carbocycles. The number of nitrogens with one attached hydrogen (secondary N) is 1. The number of carbonyl (C=O) groups is 1. The van der Waals surface area contributed by atoms with Crippen LogP contribution < -0.4 is 14.8 Å². The average Bonchev–Trinajstić information content (AvgIpc) is 3.32. The standard InChI is InChI=1S/C27H28N4O3S/c1-19-8-12-22(13-9-19)31-26(21-10-14-23(33-2)15-11-21)29-30-27(31)35-18-25(32)28-17-16-20-6-4-5-7-24(20)34-3/h4-15H,16-18H2,1-3H3,(H,28,32). The number of hydrogen-bond acceptors (Lipinski definition) is 6. The van der Waals surface area contributed by atoms with Gasteiger partial charge in [0.2, 0.25) is 5.91 Å². The van der Waals surface area contributed by atoms with Gasteiger partial charge in [-0.05, 0) is 61.4 Å². The highest BCUT2D eigenvalue weighted by Crippen LogP contribution is 2.29. The number of aromatic nitrogens is 3. The van der Waals surface area contributed by atoms with Gasteiger partial charge in [-0.15, -0.1) is 10.2 Å². The first-order chi connectivity index (χ1) is 17.1. The van der Waals surface area contributed by atoms with E-state index in [1.807, 2.05) is 84.3 Å². The first-order valence-corrected chi connectivity index (χ1v) is 12.3. The summed E-state index contributed by atoms with van der Waals surface area (Å²) in [7, 11) is 3.29. The SMILES string of the molecule is COc1ccc(-c2nnc(SCC(=O)NCCc3ccccc3OC)n2-c2ccc(C)cc2)cc1. The summed E-state index contributed by atoms with van der Waals surface area (Å²) >= 11 is 1.36. The molecule has 8 heteroatoms. The van der Waals surface area contributed by atoms with Crippen molar-refractivity contribution < 1.29 is 14.3 Å². The molecule has 0 bridgehead atoms. The number of carbonyl (C=O) groups excluding carboxylic acids is 1. The molecular formula is C27H28N4O3S. The molecular weight excluding hydrogens is 460 g/mol. The Balaban J connectivity index is 1.47. The normalized spacial score (nSPS) is 10.7. The zero-order valence-electron chi connectivity index (χ0n) is 20.0. The lowest BCUT2D eigenvalue weighted by Crippen LogP contribution is -2.27. The second-order valence-corrected chi connectivity index (χ2v) is 8.85. The maximum Gasteiger partial charge on any atom is 0.230 e. The van der Waals surface area contributed by atoms with Crippen molar-refractivity contribution in [2.24, 2.45) is 0 Å². The third-order valence-corrected chi connectivity index (χ3v) is 6.44. The van der Waals surface area contributed by atoms with E-state index in [-0.39, 0.29) is 11.7 Å². The van der Waals surface area contributed by atoms with Gasteiger partial charge in [0.15, 0.2) is 11.0 Å². The molecule has 180 valence electrons. The van der Waals surface area contributed by atoms with Gasteiger partial charge in [0.05, 0.1) is 20.0 Å². The molecule has 1 amide bonds. The van der Waals surface area contributed by atoms with Crippen molar-refractivity contribution in [1.82, 2.24) is 20.1 Å². The summed E-state index contributed by atoms with van der Waals surface area (Å²) in [6.45, 7) is 2.58. The van der Waals surface area contributed by atoms with E-state index in [2.05, 4.69) is 15.5 Å². The molecule has 0 aliphatic rings. The largest absolute Gasteiger partial charge is 0.497 e. The van der Waals surface area contributed by atoms with Gasteiger partial charge in [-0.25, -0.2) is 0 Å². The van der Waals surface area contributed by atoms with E-state index in [9.17, 15) is 4.79 Å². The summed E-state index contributed by atoms with van der Waals surface area (Å²) in [6, 6.07) is 23.7. The van der Waals surface area contributed by atoms with Crippen molar-refractivity contribution in [3.63, 3.8) is 0 Å². The molecule has 0 saturated heterocycles. The van der Waals surface area contributed by atoms with Crippen molar-refractivity contribution in [2.45, 2.75) is 18.5 Å². The minimum absolute atomic E-state index is 0.0608. The highest BCUT2D eigenvalue weighted by Gasteiger charge is 2.17. The van der Waals surface area contributed by atoms with Crippen LogP contribution in [0, 0.1) is 6.92 Å². The molecule has 0 fully saturated rings. The van der Waals surface area contributed by atoms with Gasteiger partial charge in [0, 0.05) is 17.8 Å². The number of ether oxygens (including phenoxy) is 2. The van der Waals surface area contributed by atoms with Crippen LogP contribution in [0.25, 0.3) is 17.1 Å². The van der Waals surface area contributed by atoms with Crippen molar-refractivity contribution in [3.05, 3.63) is 83.9 Å². The van der Waals surface area contributed by atoms with Gasteiger partial charge in [-0.2, -0.15) is 0 Å². The number of methoxy groups -OCH3 is 2. The Morgan fingerprint density at radius 3 is 2.40 bits per heavy atom. The predicted molar refractivity (Wildman–Crippen MR) is 139 cm³/mol. The number of thioether (sulfide) groups is 1. The summed E-state index contributed by atoms with van der Waals surface area (Å²) in [5.74, 6) is 2.48. The highest BCUT2D eigenvalue weighted by molar-refractivity contribution is 7.99. The van der Waals surface area contributed by atoms with E-state index in [0.29, 0.717) is 23.9 Å². The topological polar surface area (TPSA) is 78.3 Å². The number of amides is 1. The molecule has 1 heterocycles. The van der Waals surface area contributed by atoms with Crippen LogP contribution in [0.4, 0.5) is 0 Å². The monoisotopic (exact) mass is 488 g/mol. The number of para-hydroxylation sites is 1. The van der Waals surface area contributed by atoms with E-state index in [1.54, 1.807) is 14.2 Å². The molecule has 0 aliphatic carbocycles. The van der Waals surface area contributed by atoms with Crippen molar-refractivity contribution in [3.8, 4) is 28.6 Å². The van der Waals surface area contributed by atoms with Crippen LogP contribution in [-0.2, 0) is 11.2 Å². The molecule has 0 unspecified atom stereocenters. The van der Waals surface area contributed by atoms with E-state index >= 15 is 0 Å². The molecule has 0 saturated carbocycles. The van der Waals surface area contributed by atoms with Crippen LogP contribution in [0.2, 0.25) is 0 Å². The van der Waals surface area contributed by atoms with Crippen molar-refractivity contribution in [2.75, 3.05) is 26.5 Å². The zero-order chi connectivity index (χ0) is 24.6. The Hall–Kier alpha value is -3.78. The van der Waals surface area contributed by atoms with Gasteiger partial charge < -0.3 is 14.8 Å². The maximum atomic E-state index is 12.6. The molecule has 4 aromatic rings. The average molecular weight is 489 g/mol. The number of aryl methyl sites for hydroxylation is 1. The molecule has 1 aromatic heterocycles. The lowest BCUT2D eigenvalue weighted by Gasteiger charge is -2.11. The zero-order valence-corrected chi connectivity index (χ0v) is 20.8. The smallest absolute Gasteiger partial charge is 0.230 e. The van der Waals surface area contributed by atoms with Gasteiger partial charge >= 0.3 is 0 Å². The molecule has 7 nitrogen and oxygen atoms in total. The Morgan fingerprint density at radius 2 is 1.69 bits per heavy atom. The third-order valence-electron chi connectivity index (χ3n) is 5.52. The fourth-order valence-electron chi connectivity index (χ4n) is 3.64. The summed E-state index contributed by atoms with van der Waals surface area (Å²) in [5, 5.41) is 12.5. The summed E-state index contributed by atoms with van der Waals surface area (Å²) in [6.07, 6.45) is 0.696. The van der Waals surface area contributed by atoms with Crippen LogP contribution in [0.15, 0.2) is 78.0 Å². The van der Waals surface area contributed by atoms with Gasteiger partial charge in [-0.1, -0.05) is 47.7 Å². The lowest BCUT2D eigenvalue weighted by atomic mass is 10.1. The van der Waals surface area contributed by atoms with Crippen LogP contribution in [-0.4, -0.2) is 47.2 Å². The van der Waals surface area contributed by atoms with Crippen LogP contribution in [0.1, 0.15) is 11.1 Å². The molecule has 0 aliphatic heterocycles. The Labute approximate surface area is 209 Å². The van der Waals surface area contributed by atoms with E-state index in [4.69, 9.17) is 9.47 Å². The fourth-order valence-corrected chi connectivity index (χ4v) is 4.43. The minimum Gasteiger partial charge on any atom is -0.497 e. The van der Waals surface area contributed by atoms with Gasteiger partial charge in [0.1, 0.15) is 11.5 Å². The first kappa shape index (κ1) is 24.3. The second-order valence-electron chi connectivity index (χ2n) is 7.91. The van der Waals surface area contributed by atoms with E-state index in [0.717, 1.165) is 33.9 Å². The first-order valence-electron chi connectivity index (χ1n) is 11.3. The highest BCUT2D eigenvalue weighted by atomic mass is 32.2. The van der Waals surface area contributed by atoms with Crippen LogP contribution in [0.3, 0.4) is 0 Å². The Kier molecular flexibility index (Phi) is 8.05. The number of nitrogens with zero attached hydrogens (tertiary/aromatic N) is 3. The van der Waals surface area contributed by atoms with Gasteiger partial charge in [0.25, 0.3) is 0 Å². The molecule has 0 radical (unpaired) electrons. The fraction of sp³-hybridized carbons (Fsp3) is 0.222. The van der Waals surface area contributed by atoms with Crippen LogP contribution in [0.5, 0.6) is 11.5 Å². The summed E-state index contributed by atoms with van der Waals surface area (Å²) < 4.78 is 12.6. The van der Waals surface area contributed by atoms with Crippen molar-refractivity contribution >= 4 is 17.7 Å². The summed E-state index contributed by atoms with van der Waals surface area (Å²) in [5.41, 5.74) is 4.07. The minimum atomic E-state index is -0.0608. The quantitative estimate of drug-likeness (QED) is 0.326. The van der Waals surface area contributed by atoms with E-state index in [1.165, 1.54) is 11.8 Å². The molecule has 35 heavy (non-hydrogen) atoms. The summed E-state index contributed by atoms with van der Waals surface area (Å²) in [4.78, 5) is 12.6. The number of hydrogen-bond donors (Lipinski definition) is 1. The number of benzene rings is 3. The second kappa shape index (κ2) is 11.6. The number of rotatable bonds is 10. The molecule has 0 spiro atoms. The predicted octanol–water partition coefficient (Wildman–Crippen LogP) is 4.71. The lowest BCUT2D eigenvalue weighted by molar-refractivity contribution is -0.118. The van der Waals surface area contributed by atoms with Gasteiger partial charge in [-0.3, -0.25) is 9.36 Å². The molecule has 0 atom stereocenters. The molecule has 4 rings (SSSR count). The van der Waals surface area contributed by atoms with Crippen LogP contribution >= 0.6 is 11.8 Å². The van der Waals surface area contributed by atoms with Crippen molar-refractivity contribution in [1.29, 1.82) is 0 Å². The maximum absolute atomic E-state index is 12.6. The Morgan fingerprint density at radius 1 is 0.943 bits per heavy atom. The Bertz CT molecular complexity index is 1270.